The van der Waals surface area contributed by atoms with Crippen LogP contribution < -0.4 is 10.1 Å². The number of carbonyl (C=O) groups excluding carboxylic acids is 1. The molecule has 4 atom stereocenters. The van der Waals surface area contributed by atoms with E-state index in [9.17, 15) is 15.0 Å². The number of aliphatic hydroxyl groups excluding tert-OH is 2. The first-order chi connectivity index (χ1) is 14.1. The lowest BCUT2D eigenvalue weighted by molar-refractivity contribution is 0.0294. The van der Waals surface area contributed by atoms with Crippen molar-refractivity contribution in [1.82, 2.24) is 10.3 Å². The number of carbonyl (C=O) groups is 1. The number of nitrogens with zero attached hydrogens (tertiary/aromatic N) is 1. The molecule has 4 unspecified atom stereocenters. The predicted octanol–water partition coefficient (Wildman–Crippen LogP) is 2.88. The van der Waals surface area contributed by atoms with Crippen LogP contribution in [0.5, 0.6) is 11.6 Å². The number of rotatable bonds is 5. The van der Waals surface area contributed by atoms with Gasteiger partial charge in [-0.05, 0) is 36.2 Å². The Kier molecular flexibility index (Phi) is 5.55. The maximum absolute atomic E-state index is 13.0. The number of hydrogen-bond donors (Lipinski definition) is 3. The molecule has 0 saturated heterocycles. The zero-order valence-corrected chi connectivity index (χ0v) is 15.7. The van der Waals surface area contributed by atoms with Gasteiger partial charge in [0.1, 0.15) is 17.4 Å². The summed E-state index contributed by atoms with van der Waals surface area (Å²) < 4.78 is 5.77. The van der Waals surface area contributed by atoms with Gasteiger partial charge in [-0.15, -0.1) is 0 Å². The van der Waals surface area contributed by atoms with Crippen LogP contribution >= 0.6 is 0 Å². The van der Waals surface area contributed by atoms with E-state index in [0.717, 1.165) is 5.56 Å². The van der Waals surface area contributed by atoms with Crippen molar-refractivity contribution in [2.45, 2.75) is 30.6 Å². The average molecular weight is 390 g/mol. The van der Waals surface area contributed by atoms with E-state index in [2.05, 4.69) is 10.3 Å². The van der Waals surface area contributed by atoms with E-state index < -0.39 is 24.2 Å². The highest BCUT2D eigenvalue weighted by atomic mass is 16.5. The van der Waals surface area contributed by atoms with Gasteiger partial charge in [0.2, 0.25) is 5.88 Å². The molecule has 3 aromatic rings. The van der Waals surface area contributed by atoms with Gasteiger partial charge in [-0.25, -0.2) is 4.98 Å². The number of pyridine rings is 1. The molecule has 1 amide bonds. The zero-order valence-electron chi connectivity index (χ0n) is 15.7. The Morgan fingerprint density at radius 1 is 0.966 bits per heavy atom. The van der Waals surface area contributed by atoms with E-state index in [1.54, 1.807) is 30.5 Å². The fraction of sp³-hybridized carbons (Fsp3) is 0.217. The number of aliphatic hydroxyl groups is 2. The lowest BCUT2D eigenvalue weighted by Crippen LogP contribution is -2.45. The second-order valence-corrected chi connectivity index (χ2v) is 7.08. The summed E-state index contributed by atoms with van der Waals surface area (Å²) in [5.41, 5.74) is 1.22. The van der Waals surface area contributed by atoms with Gasteiger partial charge in [0, 0.05) is 12.1 Å². The van der Waals surface area contributed by atoms with Gasteiger partial charge in [0.15, 0.2) is 0 Å². The minimum absolute atomic E-state index is 0.181. The van der Waals surface area contributed by atoms with Gasteiger partial charge in [0.05, 0.1) is 12.1 Å². The largest absolute Gasteiger partial charge is 0.438 e. The number of ether oxygens (including phenoxy) is 1. The molecule has 29 heavy (non-hydrogen) atoms. The van der Waals surface area contributed by atoms with E-state index in [1.807, 2.05) is 48.5 Å². The van der Waals surface area contributed by atoms with Crippen LogP contribution in [0.3, 0.4) is 0 Å². The molecule has 0 spiro atoms. The molecule has 1 saturated carbocycles. The van der Waals surface area contributed by atoms with Gasteiger partial charge >= 0.3 is 0 Å². The van der Waals surface area contributed by atoms with Crippen LogP contribution in [0.2, 0.25) is 0 Å². The Bertz CT molecular complexity index is 965. The molecule has 6 nitrogen and oxygen atoms in total. The third-order valence-corrected chi connectivity index (χ3v) is 5.19. The van der Waals surface area contributed by atoms with E-state index in [4.69, 9.17) is 4.74 Å². The summed E-state index contributed by atoms with van der Waals surface area (Å²) in [6.45, 7) is 0. The Morgan fingerprint density at radius 2 is 1.66 bits per heavy atom. The average Bonchev–Trinajstić information content (AvgIpc) is 3.04. The standard InChI is InChI=1S/C23H22N2O4/c26-19-14-18(15-8-3-1-4-9-15)20(21(19)27)25-22(28)17-12-7-13-24-23(17)29-16-10-5-2-6-11-16/h1-13,18-21,26-27H,14H2,(H,25,28). The lowest BCUT2D eigenvalue weighted by Gasteiger charge is -2.24. The van der Waals surface area contributed by atoms with Crippen molar-refractivity contribution < 1.29 is 19.7 Å². The third-order valence-electron chi connectivity index (χ3n) is 5.19. The SMILES string of the molecule is O=C(NC1C(c2ccccc2)CC(O)C1O)c1cccnc1Oc1ccccc1. The molecule has 1 heterocycles. The fourth-order valence-electron chi connectivity index (χ4n) is 3.73. The summed E-state index contributed by atoms with van der Waals surface area (Å²) in [4.78, 5) is 17.2. The molecule has 4 rings (SSSR count). The lowest BCUT2D eigenvalue weighted by atomic mass is 9.93. The molecule has 148 valence electrons. The minimum Gasteiger partial charge on any atom is -0.438 e. The quantitative estimate of drug-likeness (QED) is 0.623. The first-order valence-electron chi connectivity index (χ1n) is 9.53. The summed E-state index contributed by atoms with van der Waals surface area (Å²) in [6.07, 6.45) is -0.0363. The molecule has 6 heteroatoms. The topological polar surface area (TPSA) is 91.7 Å². The van der Waals surface area contributed by atoms with Crippen molar-refractivity contribution in [3.05, 3.63) is 90.1 Å². The van der Waals surface area contributed by atoms with Crippen LogP contribution in [0.1, 0.15) is 28.3 Å². The highest BCUT2D eigenvalue weighted by Crippen LogP contribution is 2.35. The van der Waals surface area contributed by atoms with Gasteiger partial charge in [-0.2, -0.15) is 0 Å². The number of para-hydroxylation sites is 1. The molecule has 0 radical (unpaired) electrons. The second-order valence-electron chi connectivity index (χ2n) is 7.08. The van der Waals surface area contributed by atoms with Crippen LogP contribution in [-0.4, -0.2) is 39.4 Å². The zero-order chi connectivity index (χ0) is 20.2. The first kappa shape index (κ1) is 19.1. The van der Waals surface area contributed by atoms with Crippen molar-refractivity contribution in [1.29, 1.82) is 0 Å². The number of benzene rings is 2. The summed E-state index contributed by atoms with van der Waals surface area (Å²) in [5, 5.41) is 23.6. The van der Waals surface area contributed by atoms with Crippen LogP contribution in [0.25, 0.3) is 0 Å². The monoisotopic (exact) mass is 390 g/mol. The van der Waals surface area contributed by atoms with Crippen LogP contribution in [0.4, 0.5) is 0 Å². The number of amides is 1. The highest BCUT2D eigenvalue weighted by molar-refractivity contribution is 5.96. The Balaban J connectivity index is 1.57. The Hall–Kier alpha value is -3.22. The molecular weight excluding hydrogens is 368 g/mol. The third kappa shape index (κ3) is 4.13. The van der Waals surface area contributed by atoms with Crippen LogP contribution in [-0.2, 0) is 0 Å². The molecule has 1 fully saturated rings. The number of hydrogen-bond acceptors (Lipinski definition) is 5. The molecule has 1 aliphatic rings. The normalized spacial score (nSPS) is 23.5. The smallest absolute Gasteiger partial charge is 0.257 e. The fourth-order valence-corrected chi connectivity index (χ4v) is 3.73. The first-order valence-corrected chi connectivity index (χ1v) is 9.53. The molecule has 3 N–H and O–H groups in total. The maximum Gasteiger partial charge on any atom is 0.257 e. The minimum atomic E-state index is -1.06. The maximum atomic E-state index is 13.0. The van der Waals surface area contributed by atoms with Gasteiger partial charge in [-0.1, -0.05) is 48.5 Å². The van der Waals surface area contributed by atoms with Crippen molar-refractivity contribution >= 4 is 5.91 Å². The van der Waals surface area contributed by atoms with E-state index in [1.165, 1.54) is 0 Å². The Morgan fingerprint density at radius 3 is 2.38 bits per heavy atom. The summed E-state index contributed by atoms with van der Waals surface area (Å²) in [5.74, 6) is 0.141. The summed E-state index contributed by atoms with van der Waals surface area (Å²) in [6, 6.07) is 21.3. The molecule has 0 bridgehead atoms. The van der Waals surface area contributed by atoms with Crippen molar-refractivity contribution in [2.24, 2.45) is 0 Å². The molecule has 1 aromatic heterocycles. The van der Waals surface area contributed by atoms with Crippen molar-refractivity contribution in [3.63, 3.8) is 0 Å². The van der Waals surface area contributed by atoms with E-state index >= 15 is 0 Å². The molecule has 2 aromatic carbocycles. The molecular formula is C23H22N2O4. The number of aromatic nitrogens is 1. The molecule has 0 aliphatic heterocycles. The van der Waals surface area contributed by atoms with E-state index in [-0.39, 0.29) is 17.4 Å². The highest BCUT2D eigenvalue weighted by Gasteiger charge is 2.43. The summed E-state index contributed by atoms with van der Waals surface area (Å²) >= 11 is 0. The summed E-state index contributed by atoms with van der Waals surface area (Å²) in [7, 11) is 0. The van der Waals surface area contributed by atoms with Crippen LogP contribution in [0, 0.1) is 0 Å². The van der Waals surface area contributed by atoms with Crippen molar-refractivity contribution in [2.75, 3.05) is 0 Å². The Labute approximate surface area is 168 Å². The van der Waals surface area contributed by atoms with Gasteiger partial charge < -0.3 is 20.3 Å². The van der Waals surface area contributed by atoms with Crippen molar-refractivity contribution in [3.8, 4) is 11.6 Å². The van der Waals surface area contributed by atoms with Gasteiger partial charge in [-0.3, -0.25) is 4.79 Å². The molecule has 1 aliphatic carbocycles. The second kappa shape index (κ2) is 8.43. The van der Waals surface area contributed by atoms with Crippen LogP contribution in [0.15, 0.2) is 79.0 Å². The number of nitrogens with one attached hydrogen (secondary N) is 1. The van der Waals surface area contributed by atoms with E-state index in [0.29, 0.717) is 12.2 Å². The van der Waals surface area contributed by atoms with Gasteiger partial charge in [0.25, 0.3) is 5.91 Å². The predicted molar refractivity (Wildman–Crippen MR) is 108 cm³/mol.